The number of hydrogen-bond acceptors (Lipinski definition) is 7. The highest BCUT2D eigenvalue weighted by atomic mass is 127. The summed E-state index contributed by atoms with van der Waals surface area (Å²) < 4.78 is 10.3. The lowest BCUT2D eigenvalue weighted by Gasteiger charge is -2.36. The van der Waals surface area contributed by atoms with Gasteiger partial charge in [-0.15, -0.1) is 24.0 Å². The first kappa shape index (κ1) is 26.3. The van der Waals surface area contributed by atoms with E-state index < -0.39 is 0 Å². The van der Waals surface area contributed by atoms with Crippen molar-refractivity contribution in [2.24, 2.45) is 4.99 Å². The number of methoxy groups -OCH3 is 1. The van der Waals surface area contributed by atoms with Gasteiger partial charge in [-0.1, -0.05) is 28.9 Å². The first-order valence-electron chi connectivity index (χ1n) is 10.1. The number of guanidine groups is 1. The lowest BCUT2D eigenvalue weighted by Crippen LogP contribution is -2.54. The third-order valence-electron chi connectivity index (χ3n) is 4.83. The van der Waals surface area contributed by atoms with Gasteiger partial charge in [0.05, 0.1) is 19.7 Å². The molecular formula is C20H29ClIN7O3. The quantitative estimate of drug-likeness (QED) is 0.210. The van der Waals surface area contributed by atoms with Crippen LogP contribution in [0.2, 0.25) is 5.02 Å². The first-order chi connectivity index (χ1) is 15.1. The summed E-state index contributed by atoms with van der Waals surface area (Å²) >= 11 is 6.03. The summed E-state index contributed by atoms with van der Waals surface area (Å²) in [6, 6.07) is 7.31. The lowest BCUT2D eigenvalue weighted by atomic mass is 10.2. The maximum atomic E-state index is 12.0. The van der Waals surface area contributed by atoms with Crippen molar-refractivity contribution in [1.29, 1.82) is 0 Å². The minimum absolute atomic E-state index is 0. The number of piperazine rings is 1. The third-order valence-corrected chi connectivity index (χ3v) is 5.06. The highest BCUT2D eigenvalue weighted by Crippen LogP contribution is 2.19. The van der Waals surface area contributed by atoms with Crippen molar-refractivity contribution in [3.8, 4) is 11.4 Å². The van der Waals surface area contributed by atoms with Gasteiger partial charge in [-0.3, -0.25) is 14.7 Å². The van der Waals surface area contributed by atoms with E-state index in [9.17, 15) is 4.79 Å². The van der Waals surface area contributed by atoms with Gasteiger partial charge in [-0.05, 0) is 12.1 Å². The summed E-state index contributed by atoms with van der Waals surface area (Å²) in [6.45, 7) is 4.88. The van der Waals surface area contributed by atoms with Crippen molar-refractivity contribution < 1.29 is 14.1 Å². The zero-order valence-electron chi connectivity index (χ0n) is 18.2. The number of benzene rings is 1. The van der Waals surface area contributed by atoms with Crippen LogP contribution in [0.15, 0.2) is 33.8 Å². The molecule has 10 nitrogen and oxygen atoms in total. The number of carbonyl (C=O) groups excluding carboxylic acids is 1. The second-order valence-corrected chi connectivity index (χ2v) is 7.47. The lowest BCUT2D eigenvalue weighted by molar-refractivity contribution is -0.122. The molecule has 32 heavy (non-hydrogen) atoms. The molecule has 176 valence electrons. The number of hydrogen-bond donors (Lipinski definition) is 2. The van der Waals surface area contributed by atoms with Crippen molar-refractivity contribution in [2.45, 2.75) is 6.54 Å². The molecule has 1 aliphatic heterocycles. The number of aromatic nitrogens is 2. The van der Waals surface area contributed by atoms with Crippen LogP contribution in [0.1, 0.15) is 5.89 Å². The van der Waals surface area contributed by atoms with Gasteiger partial charge < -0.3 is 24.8 Å². The van der Waals surface area contributed by atoms with Crippen LogP contribution in [0.4, 0.5) is 0 Å². The molecule has 1 aromatic carbocycles. The Labute approximate surface area is 209 Å². The molecule has 3 rings (SSSR count). The summed E-state index contributed by atoms with van der Waals surface area (Å²) in [5, 5.41) is 10.7. The van der Waals surface area contributed by atoms with E-state index in [4.69, 9.17) is 20.9 Å². The van der Waals surface area contributed by atoms with Crippen molar-refractivity contribution in [1.82, 2.24) is 30.6 Å². The van der Waals surface area contributed by atoms with Gasteiger partial charge in [-0.2, -0.15) is 4.98 Å². The molecule has 0 unspecified atom stereocenters. The molecule has 2 aromatic rings. The molecule has 2 N–H and O–H groups in total. The molecule has 1 amide bonds. The molecule has 0 spiro atoms. The summed E-state index contributed by atoms with van der Waals surface area (Å²) in [4.78, 5) is 25.0. The Kier molecular flexibility index (Phi) is 11.1. The van der Waals surface area contributed by atoms with Crippen molar-refractivity contribution in [2.75, 3.05) is 60.0 Å². The van der Waals surface area contributed by atoms with E-state index in [0.29, 0.717) is 43.0 Å². The monoisotopic (exact) mass is 577 g/mol. The minimum Gasteiger partial charge on any atom is -0.383 e. The predicted octanol–water partition coefficient (Wildman–Crippen LogP) is 1.46. The molecule has 0 atom stereocenters. The van der Waals surface area contributed by atoms with Gasteiger partial charge >= 0.3 is 0 Å². The molecule has 1 saturated heterocycles. The zero-order chi connectivity index (χ0) is 22.1. The number of amides is 1. The predicted molar refractivity (Wildman–Crippen MR) is 133 cm³/mol. The Bertz CT molecular complexity index is 888. The SMILES string of the molecule is CN=C(NCc1nc(-c2cccc(Cl)c2)no1)N1CCN(CC(=O)NCCOC)CC1.I. The Morgan fingerprint density at radius 2 is 2.06 bits per heavy atom. The van der Waals surface area contributed by atoms with E-state index in [1.165, 1.54) is 0 Å². The maximum Gasteiger partial charge on any atom is 0.246 e. The molecule has 1 fully saturated rings. The third kappa shape index (κ3) is 7.87. The van der Waals surface area contributed by atoms with Crippen LogP contribution in [0.3, 0.4) is 0 Å². The Morgan fingerprint density at radius 3 is 2.75 bits per heavy atom. The largest absolute Gasteiger partial charge is 0.383 e. The second-order valence-electron chi connectivity index (χ2n) is 7.03. The van der Waals surface area contributed by atoms with Crippen LogP contribution in [-0.4, -0.2) is 91.8 Å². The van der Waals surface area contributed by atoms with Crippen molar-refractivity contribution in [3.63, 3.8) is 0 Å². The number of halogens is 2. The number of nitrogens with zero attached hydrogens (tertiary/aromatic N) is 5. The molecule has 0 radical (unpaired) electrons. The summed E-state index contributed by atoms with van der Waals surface area (Å²) in [7, 11) is 3.35. The van der Waals surface area contributed by atoms with Gasteiger partial charge in [0, 0.05) is 57.5 Å². The molecule has 2 heterocycles. The highest BCUT2D eigenvalue weighted by molar-refractivity contribution is 14.0. The van der Waals surface area contributed by atoms with Crippen LogP contribution < -0.4 is 10.6 Å². The minimum atomic E-state index is 0. The average Bonchev–Trinajstić information content (AvgIpc) is 3.24. The Hall–Kier alpha value is -1.96. The molecule has 12 heteroatoms. The molecule has 0 bridgehead atoms. The van der Waals surface area contributed by atoms with Crippen molar-refractivity contribution >= 4 is 47.4 Å². The average molecular weight is 578 g/mol. The molecular weight excluding hydrogens is 549 g/mol. The van der Waals surface area contributed by atoms with Crippen LogP contribution in [-0.2, 0) is 16.1 Å². The Balaban J connectivity index is 0.00000363. The number of nitrogens with one attached hydrogen (secondary N) is 2. The topological polar surface area (TPSA) is 108 Å². The number of ether oxygens (including phenoxy) is 1. The number of carbonyl (C=O) groups is 1. The van der Waals surface area contributed by atoms with E-state index in [2.05, 4.69) is 35.6 Å². The van der Waals surface area contributed by atoms with Crippen LogP contribution in [0.25, 0.3) is 11.4 Å². The molecule has 0 aliphatic carbocycles. The van der Waals surface area contributed by atoms with Crippen molar-refractivity contribution in [3.05, 3.63) is 35.2 Å². The first-order valence-corrected chi connectivity index (χ1v) is 10.5. The molecule has 1 aliphatic rings. The van der Waals surface area contributed by atoms with E-state index in [0.717, 1.165) is 37.7 Å². The molecule has 1 aromatic heterocycles. The smallest absolute Gasteiger partial charge is 0.246 e. The normalized spacial score (nSPS) is 14.7. The van der Waals surface area contributed by atoms with E-state index in [1.807, 2.05) is 12.1 Å². The summed E-state index contributed by atoms with van der Waals surface area (Å²) in [5.74, 6) is 1.72. The van der Waals surface area contributed by atoms with Crippen LogP contribution in [0, 0.1) is 0 Å². The highest BCUT2D eigenvalue weighted by Gasteiger charge is 2.21. The van der Waals surface area contributed by atoms with Gasteiger partial charge in [0.1, 0.15) is 0 Å². The molecule has 0 saturated carbocycles. The van der Waals surface area contributed by atoms with E-state index in [1.54, 1.807) is 26.3 Å². The van der Waals surface area contributed by atoms with E-state index >= 15 is 0 Å². The van der Waals surface area contributed by atoms with Crippen LogP contribution in [0.5, 0.6) is 0 Å². The maximum absolute atomic E-state index is 12.0. The summed E-state index contributed by atoms with van der Waals surface area (Å²) in [5.41, 5.74) is 0.800. The Morgan fingerprint density at radius 1 is 1.28 bits per heavy atom. The number of rotatable bonds is 8. The second kappa shape index (κ2) is 13.6. The van der Waals surface area contributed by atoms with Gasteiger partial charge in [0.15, 0.2) is 5.96 Å². The standard InChI is InChI=1S/C20H28ClN7O3.HI/c1-22-20(28-9-7-27(8-10-28)14-17(29)23-6-11-30-2)24-13-18-25-19(26-31-18)15-4-3-5-16(21)12-15;/h3-5,12H,6-11,13-14H2,1-2H3,(H,22,24)(H,23,29);1H. The van der Waals surface area contributed by atoms with Gasteiger partial charge in [0.25, 0.3) is 0 Å². The van der Waals surface area contributed by atoms with Gasteiger partial charge in [0.2, 0.25) is 17.6 Å². The number of aliphatic imine (C=N–C) groups is 1. The zero-order valence-corrected chi connectivity index (χ0v) is 21.3. The van der Waals surface area contributed by atoms with E-state index in [-0.39, 0.29) is 29.9 Å². The van der Waals surface area contributed by atoms with Gasteiger partial charge in [-0.25, -0.2) is 0 Å². The fraction of sp³-hybridized carbons (Fsp3) is 0.500. The fourth-order valence-corrected chi connectivity index (χ4v) is 3.42. The fourth-order valence-electron chi connectivity index (χ4n) is 3.23. The summed E-state index contributed by atoms with van der Waals surface area (Å²) in [6.07, 6.45) is 0. The van der Waals surface area contributed by atoms with Crippen LogP contribution >= 0.6 is 35.6 Å².